The summed E-state index contributed by atoms with van der Waals surface area (Å²) in [6.45, 7) is 1.61. The van der Waals surface area contributed by atoms with Crippen molar-refractivity contribution < 1.29 is 4.52 Å². The Morgan fingerprint density at radius 2 is 1.90 bits per heavy atom. The molecule has 106 valence electrons. The quantitative estimate of drug-likeness (QED) is 0.735. The number of nitrogens with zero attached hydrogens (tertiary/aromatic N) is 2. The average Bonchev–Trinajstić information content (AvgIpc) is 3.20. The summed E-state index contributed by atoms with van der Waals surface area (Å²) < 4.78 is 7.43. The van der Waals surface area contributed by atoms with Crippen molar-refractivity contribution in [1.82, 2.24) is 15.0 Å². The van der Waals surface area contributed by atoms with Gasteiger partial charge in [-0.15, -0.1) is 0 Å². The van der Waals surface area contributed by atoms with Gasteiger partial charge in [0.05, 0.1) is 0 Å². The SMILES string of the molecule is S=C(NCCn1cccc1)c1cc(-c2ccccc2)on1. The van der Waals surface area contributed by atoms with Crippen molar-refractivity contribution in [3.05, 3.63) is 66.6 Å². The molecule has 0 unspecified atom stereocenters. The van der Waals surface area contributed by atoms with Crippen molar-refractivity contribution in [1.29, 1.82) is 0 Å². The number of hydrogen-bond acceptors (Lipinski definition) is 3. The highest BCUT2D eigenvalue weighted by Gasteiger charge is 2.09. The largest absolute Gasteiger partial charge is 0.373 e. The third-order valence-corrected chi connectivity index (χ3v) is 3.48. The lowest BCUT2D eigenvalue weighted by Gasteiger charge is -2.05. The molecule has 5 heteroatoms. The Morgan fingerprint density at radius 3 is 2.67 bits per heavy atom. The van der Waals surface area contributed by atoms with Gasteiger partial charge in [0.1, 0.15) is 10.7 Å². The molecule has 0 fully saturated rings. The molecule has 0 amide bonds. The maximum atomic E-state index is 5.34. The van der Waals surface area contributed by atoms with E-state index in [-0.39, 0.29) is 0 Å². The smallest absolute Gasteiger partial charge is 0.167 e. The molecule has 0 aliphatic carbocycles. The van der Waals surface area contributed by atoms with Crippen molar-refractivity contribution in [2.45, 2.75) is 6.54 Å². The van der Waals surface area contributed by atoms with E-state index in [1.165, 1.54) is 0 Å². The summed E-state index contributed by atoms with van der Waals surface area (Å²) in [6.07, 6.45) is 4.04. The molecular formula is C16H15N3OS. The van der Waals surface area contributed by atoms with Crippen LogP contribution in [-0.4, -0.2) is 21.3 Å². The van der Waals surface area contributed by atoms with Crippen LogP contribution in [0.2, 0.25) is 0 Å². The molecule has 3 aromatic rings. The molecule has 21 heavy (non-hydrogen) atoms. The van der Waals surface area contributed by atoms with E-state index < -0.39 is 0 Å². The van der Waals surface area contributed by atoms with Gasteiger partial charge in [0.2, 0.25) is 0 Å². The first-order valence-corrected chi connectivity index (χ1v) is 7.15. The topological polar surface area (TPSA) is 43.0 Å². The molecule has 3 rings (SSSR count). The summed E-state index contributed by atoms with van der Waals surface area (Å²) in [5, 5.41) is 7.21. The zero-order chi connectivity index (χ0) is 14.5. The fourth-order valence-electron chi connectivity index (χ4n) is 2.03. The molecule has 0 aliphatic rings. The molecule has 2 aromatic heterocycles. The first-order valence-electron chi connectivity index (χ1n) is 6.74. The van der Waals surface area contributed by atoms with Gasteiger partial charge in [0, 0.05) is 37.1 Å². The first-order chi connectivity index (χ1) is 10.3. The van der Waals surface area contributed by atoms with Crippen LogP contribution in [0.3, 0.4) is 0 Å². The lowest BCUT2D eigenvalue weighted by molar-refractivity contribution is 0.430. The minimum atomic E-state index is 0.605. The second-order valence-corrected chi connectivity index (χ2v) is 5.03. The maximum absolute atomic E-state index is 5.34. The number of benzene rings is 1. The Balaban J connectivity index is 1.59. The van der Waals surface area contributed by atoms with E-state index in [2.05, 4.69) is 15.0 Å². The standard InChI is InChI=1S/C16H15N3OS/c21-16(17-8-11-19-9-4-5-10-19)14-12-15(20-18-14)13-6-2-1-3-7-13/h1-7,9-10,12H,8,11H2,(H,17,21). The van der Waals surface area contributed by atoms with Gasteiger partial charge in [0.15, 0.2) is 5.76 Å². The van der Waals surface area contributed by atoms with Gasteiger partial charge >= 0.3 is 0 Å². The van der Waals surface area contributed by atoms with Gasteiger partial charge in [-0.2, -0.15) is 0 Å². The van der Waals surface area contributed by atoms with E-state index in [0.717, 1.165) is 24.4 Å². The summed E-state index contributed by atoms with van der Waals surface area (Å²) in [6, 6.07) is 15.7. The maximum Gasteiger partial charge on any atom is 0.167 e. The molecule has 1 aromatic carbocycles. The van der Waals surface area contributed by atoms with E-state index in [9.17, 15) is 0 Å². The number of rotatable bonds is 5. The van der Waals surface area contributed by atoms with Crippen LogP contribution in [0.15, 0.2) is 65.4 Å². The van der Waals surface area contributed by atoms with Crippen molar-refractivity contribution in [2.24, 2.45) is 0 Å². The summed E-state index contributed by atoms with van der Waals surface area (Å²) >= 11 is 5.34. The van der Waals surface area contributed by atoms with Crippen LogP contribution in [-0.2, 0) is 6.54 Å². The van der Waals surface area contributed by atoms with Crippen LogP contribution in [0.4, 0.5) is 0 Å². The zero-order valence-corrected chi connectivity index (χ0v) is 12.2. The van der Waals surface area contributed by atoms with Gasteiger partial charge in [-0.05, 0) is 12.1 Å². The fraction of sp³-hybridized carbons (Fsp3) is 0.125. The molecule has 4 nitrogen and oxygen atoms in total. The minimum absolute atomic E-state index is 0.605. The first kappa shape index (κ1) is 13.6. The predicted octanol–water partition coefficient (Wildman–Crippen LogP) is 3.11. The highest BCUT2D eigenvalue weighted by atomic mass is 32.1. The molecule has 1 N–H and O–H groups in total. The number of aromatic nitrogens is 2. The van der Waals surface area contributed by atoms with Crippen molar-refractivity contribution in [2.75, 3.05) is 6.54 Å². The van der Waals surface area contributed by atoms with Crippen molar-refractivity contribution in [3.8, 4) is 11.3 Å². The van der Waals surface area contributed by atoms with Crippen LogP contribution in [0, 0.1) is 0 Å². The lowest BCUT2D eigenvalue weighted by atomic mass is 10.2. The van der Waals surface area contributed by atoms with Crippen LogP contribution in [0.1, 0.15) is 5.69 Å². The van der Waals surface area contributed by atoms with Gasteiger partial charge in [0.25, 0.3) is 0 Å². The number of hydrogen-bond donors (Lipinski definition) is 1. The predicted molar refractivity (Wildman–Crippen MR) is 86.1 cm³/mol. The molecule has 0 aliphatic heterocycles. The summed E-state index contributed by atoms with van der Waals surface area (Å²) in [4.78, 5) is 0.605. The lowest BCUT2D eigenvalue weighted by Crippen LogP contribution is -2.26. The van der Waals surface area contributed by atoms with Crippen molar-refractivity contribution in [3.63, 3.8) is 0 Å². The number of nitrogens with one attached hydrogen (secondary N) is 1. The van der Waals surface area contributed by atoms with Gasteiger partial charge in [-0.1, -0.05) is 47.7 Å². The second kappa shape index (κ2) is 6.37. The highest BCUT2D eigenvalue weighted by Crippen LogP contribution is 2.19. The van der Waals surface area contributed by atoms with E-state index in [1.54, 1.807) is 0 Å². The molecule has 0 bridgehead atoms. The van der Waals surface area contributed by atoms with Crippen molar-refractivity contribution >= 4 is 17.2 Å². The Bertz CT molecular complexity index is 704. The number of thiocarbonyl (C=S) groups is 1. The van der Waals surface area contributed by atoms with E-state index in [0.29, 0.717) is 10.7 Å². The molecule has 0 saturated carbocycles. The van der Waals surface area contributed by atoms with E-state index in [4.69, 9.17) is 16.7 Å². The monoisotopic (exact) mass is 297 g/mol. The third kappa shape index (κ3) is 3.38. The van der Waals surface area contributed by atoms with Gasteiger partial charge < -0.3 is 14.4 Å². The molecular weight excluding hydrogens is 282 g/mol. The van der Waals surface area contributed by atoms with Gasteiger partial charge in [-0.25, -0.2) is 0 Å². The molecule has 0 radical (unpaired) electrons. The summed E-state index contributed by atoms with van der Waals surface area (Å²) in [5.41, 5.74) is 1.66. The normalized spacial score (nSPS) is 10.5. The molecule has 0 saturated heterocycles. The molecule has 0 atom stereocenters. The Hall–Kier alpha value is -2.40. The second-order valence-electron chi connectivity index (χ2n) is 4.62. The van der Waals surface area contributed by atoms with Crippen LogP contribution < -0.4 is 5.32 Å². The minimum Gasteiger partial charge on any atom is -0.373 e. The molecule has 0 spiro atoms. The van der Waals surface area contributed by atoms with Crippen LogP contribution >= 0.6 is 12.2 Å². The summed E-state index contributed by atoms with van der Waals surface area (Å²) in [7, 11) is 0. The van der Waals surface area contributed by atoms with Crippen LogP contribution in [0.25, 0.3) is 11.3 Å². The van der Waals surface area contributed by atoms with Gasteiger partial charge in [-0.3, -0.25) is 0 Å². The van der Waals surface area contributed by atoms with E-state index >= 15 is 0 Å². The van der Waals surface area contributed by atoms with Crippen LogP contribution in [0.5, 0.6) is 0 Å². The zero-order valence-electron chi connectivity index (χ0n) is 11.4. The third-order valence-electron chi connectivity index (χ3n) is 3.12. The highest BCUT2D eigenvalue weighted by molar-refractivity contribution is 7.80. The Morgan fingerprint density at radius 1 is 1.14 bits per heavy atom. The summed E-state index contributed by atoms with van der Waals surface area (Å²) in [5.74, 6) is 0.722. The fourth-order valence-corrected chi connectivity index (χ4v) is 2.23. The average molecular weight is 297 g/mol. The van der Waals surface area contributed by atoms with E-state index in [1.807, 2.05) is 60.9 Å². The molecule has 2 heterocycles. The Kier molecular flexibility index (Phi) is 4.12. The Labute approximate surface area is 128 Å².